The standard InChI is InChI=1S/C17H22N2O4/c20-10-18-13-2-1-3-19(13)15(22)14(21)16-5-11-4-12(6-16)8-17(23,7-11)9-16/h1,3,10-13,23H,2,4-9H2,(H,18,20). The van der Waals surface area contributed by atoms with Gasteiger partial charge in [0.05, 0.1) is 5.60 Å². The van der Waals surface area contributed by atoms with E-state index in [1.807, 2.05) is 0 Å². The zero-order chi connectivity index (χ0) is 16.2. The minimum atomic E-state index is -0.763. The van der Waals surface area contributed by atoms with Gasteiger partial charge in [-0.15, -0.1) is 0 Å². The Morgan fingerprint density at radius 2 is 1.91 bits per heavy atom. The summed E-state index contributed by atoms with van der Waals surface area (Å²) in [6.45, 7) is 0. The molecule has 6 nitrogen and oxygen atoms in total. The van der Waals surface area contributed by atoms with E-state index in [2.05, 4.69) is 5.32 Å². The molecule has 0 saturated heterocycles. The van der Waals surface area contributed by atoms with Crippen LogP contribution >= 0.6 is 0 Å². The topological polar surface area (TPSA) is 86.7 Å². The summed E-state index contributed by atoms with van der Waals surface area (Å²) in [7, 11) is 0. The fourth-order valence-corrected chi connectivity index (χ4v) is 5.78. The average Bonchev–Trinajstić information content (AvgIpc) is 2.92. The monoisotopic (exact) mass is 318 g/mol. The van der Waals surface area contributed by atoms with Crippen molar-refractivity contribution in [3.8, 4) is 0 Å². The van der Waals surface area contributed by atoms with Gasteiger partial charge in [0.2, 0.25) is 12.2 Å². The Hall–Kier alpha value is -1.69. The molecule has 4 fully saturated rings. The predicted octanol–water partition coefficient (Wildman–Crippen LogP) is 0.705. The van der Waals surface area contributed by atoms with E-state index in [0.29, 0.717) is 31.1 Å². The lowest BCUT2D eigenvalue weighted by Crippen LogP contribution is -2.60. The number of nitrogens with one attached hydrogen (secondary N) is 1. The highest BCUT2D eigenvalue weighted by atomic mass is 16.3. The number of hydrogen-bond acceptors (Lipinski definition) is 4. The Balaban J connectivity index is 1.58. The number of rotatable bonds is 4. The van der Waals surface area contributed by atoms with E-state index in [9.17, 15) is 19.5 Å². The van der Waals surface area contributed by atoms with E-state index in [-0.39, 0.29) is 5.78 Å². The third kappa shape index (κ3) is 2.23. The molecule has 5 aliphatic rings. The maximum absolute atomic E-state index is 13.0. The van der Waals surface area contributed by atoms with E-state index in [1.54, 1.807) is 12.3 Å². The van der Waals surface area contributed by atoms with Crippen molar-refractivity contribution in [3.63, 3.8) is 0 Å². The van der Waals surface area contributed by atoms with E-state index in [1.165, 1.54) is 4.90 Å². The summed E-state index contributed by atoms with van der Waals surface area (Å²) in [5.41, 5.74) is -1.46. The zero-order valence-electron chi connectivity index (χ0n) is 13.0. The van der Waals surface area contributed by atoms with Crippen LogP contribution in [-0.2, 0) is 14.4 Å². The van der Waals surface area contributed by atoms with E-state index in [0.717, 1.165) is 32.1 Å². The van der Waals surface area contributed by atoms with Gasteiger partial charge in [-0.2, -0.15) is 0 Å². The lowest BCUT2D eigenvalue weighted by atomic mass is 9.47. The van der Waals surface area contributed by atoms with Crippen molar-refractivity contribution in [1.29, 1.82) is 0 Å². The summed E-state index contributed by atoms with van der Waals surface area (Å²) in [6.07, 6.45) is 8.43. The fourth-order valence-electron chi connectivity index (χ4n) is 5.78. The molecule has 0 aromatic carbocycles. The Kier molecular flexibility index (Phi) is 3.17. The average molecular weight is 318 g/mol. The zero-order valence-corrected chi connectivity index (χ0v) is 13.0. The van der Waals surface area contributed by atoms with Gasteiger partial charge in [0.25, 0.3) is 5.91 Å². The molecule has 0 spiro atoms. The van der Waals surface area contributed by atoms with Gasteiger partial charge in [-0.05, 0) is 50.4 Å². The smallest absolute Gasteiger partial charge is 0.296 e. The lowest BCUT2D eigenvalue weighted by Gasteiger charge is -2.59. The fraction of sp³-hybridized carbons (Fsp3) is 0.706. The largest absolute Gasteiger partial charge is 0.390 e. The summed E-state index contributed by atoms with van der Waals surface area (Å²) in [6, 6.07) is 0. The van der Waals surface area contributed by atoms with Gasteiger partial charge in [0.15, 0.2) is 0 Å². The normalized spacial score (nSPS) is 43.7. The summed E-state index contributed by atoms with van der Waals surface area (Å²) < 4.78 is 0. The van der Waals surface area contributed by atoms with Crippen molar-refractivity contribution in [2.24, 2.45) is 17.3 Å². The van der Waals surface area contributed by atoms with Crippen molar-refractivity contribution in [3.05, 3.63) is 12.3 Å². The molecule has 2 N–H and O–H groups in total. The van der Waals surface area contributed by atoms with Crippen LogP contribution in [0.1, 0.15) is 44.9 Å². The SMILES string of the molecule is O=CNC1CC=CN1C(=O)C(=O)C12CC3CC(CC(O)(C3)C1)C2. The van der Waals surface area contributed by atoms with Crippen molar-refractivity contribution >= 4 is 18.1 Å². The maximum atomic E-state index is 13.0. The molecule has 0 radical (unpaired) electrons. The van der Waals surface area contributed by atoms with Gasteiger partial charge in [-0.25, -0.2) is 0 Å². The molecule has 0 aromatic heterocycles. The molecule has 4 aliphatic carbocycles. The second kappa shape index (κ2) is 4.90. The minimum absolute atomic E-state index is 0.357. The summed E-state index contributed by atoms with van der Waals surface area (Å²) in [5, 5.41) is 13.3. The molecule has 3 atom stereocenters. The first-order chi connectivity index (χ1) is 10.9. The Morgan fingerprint density at radius 3 is 2.52 bits per heavy atom. The molecule has 5 rings (SSSR count). The molecule has 124 valence electrons. The molecule has 3 unspecified atom stereocenters. The molecule has 1 heterocycles. The van der Waals surface area contributed by atoms with Gasteiger partial charge in [0.1, 0.15) is 6.17 Å². The third-order valence-electron chi connectivity index (χ3n) is 6.16. The number of carbonyl (C=O) groups excluding carboxylic acids is 3. The molecule has 4 saturated carbocycles. The highest BCUT2D eigenvalue weighted by Gasteiger charge is 2.61. The first-order valence-electron chi connectivity index (χ1n) is 8.41. The number of hydrogen-bond donors (Lipinski definition) is 2. The maximum Gasteiger partial charge on any atom is 0.296 e. The molecule has 6 heteroatoms. The van der Waals surface area contributed by atoms with Crippen molar-refractivity contribution in [2.75, 3.05) is 0 Å². The molecule has 2 amide bonds. The van der Waals surface area contributed by atoms with E-state index < -0.39 is 23.1 Å². The Morgan fingerprint density at radius 1 is 1.22 bits per heavy atom. The van der Waals surface area contributed by atoms with Gasteiger partial charge in [-0.3, -0.25) is 19.3 Å². The lowest BCUT2D eigenvalue weighted by molar-refractivity contribution is -0.180. The van der Waals surface area contributed by atoms with Crippen LogP contribution in [0.5, 0.6) is 0 Å². The number of aliphatic hydroxyl groups is 1. The van der Waals surface area contributed by atoms with Crippen molar-refractivity contribution in [1.82, 2.24) is 10.2 Å². The number of carbonyl (C=O) groups is 3. The molecule has 0 aromatic rings. The van der Waals surface area contributed by atoms with Crippen LogP contribution in [0, 0.1) is 17.3 Å². The third-order valence-corrected chi connectivity index (χ3v) is 6.16. The first-order valence-corrected chi connectivity index (χ1v) is 8.41. The second-order valence-electron chi connectivity index (χ2n) is 7.93. The van der Waals surface area contributed by atoms with Crippen LogP contribution in [0.3, 0.4) is 0 Å². The molecular formula is C17H22N2O4. The van der Waals surface area contributed by atoms with Crippen LogP contribution in [-0.4, -0.2) is 39.9 Å². The van der Waals surface area contributed by atoms with Crippen LogP contribution in [0.2, 0.25) is 0 Å². The number of nitrogens with zero attached hydrogens (tertiary/aromatic N) is 1. The quantitative estimate of drug-likeness (QED) is 0.590. The second-order valence-corrected chi connectivity index (χ2v) is 7.93. The summed E-state index contributed by atoms with van der Waals surface area (Å²) in [4.78, 5) is 37.8. The molecule has 1 aliphatic heterocycles. The van der Waals surface area contributed by atoms with E-state index >= 15 is 0 Å². The van der Waals surface area contributed by atoms with Gasteiger partial charge in [-0.1, -0.05) is 6.08 Å². The number of Topliss-reactive ketones (excluding diaryl/α,β-unsaturated/α-hetero) is 1. The molecule has 4 bridgehead atoms. The van der Waals surface area contributed by atoms with Gasteiger partial charge >= 0.3 is 0 Å². The van der Waals surface area contributed by atoms with E-state index in [4.69, 9.17) is 0 Å². The highest BCUT2D eigenvalue weighted by Crippen LogP contribution is 2.62. The summed E-state index contributed by atoms with van der Waals surface area (Å²) >= 11 is 0. The van der Waals surface area contributed by atoms with Crippen molar-refractivity contribution in [2.45, 2.75) is 56.7 Å². The minimum Gasteiger partial charge on any atom is -0.390 e. The highest BCUT2D eigenvalue weighted by molar-refractivity contribution is 6.38. The number of ketones is 1. The van der Waals surface area contributed by atoms with Gasteiger partial charge in [0, 0.05) is 18.0 Å². The molecular weight excluding hydrogens is 296 g/mol. The molecule has 23 heavy (non-hydrogen) atoms. The van der Waals surface area contributed by atoms with Crippen LogP contribution in [0.25, 0.3) is 0 Å². The van der Waals surface area contributed by atoms with Crippen LogP contribution in [0.4, 0.5) is 0 Å². The van der Waals surface area contributed by atoms with Crippen LogP contribution in [0.15, 0.2) is 12.3 Å². The van der Waals surface area contributed by atoms with Crippen LogP contribution < -0.4 is 5.32 Å². The summed E-state index contributed by atoms with van der Waals surface area (Å²) in [5.74, 6) is -0.218. The first kappa shape index (κ1) is 14.9. The van der Waals surface area contributed by atoms with Gasteiger partial charge < -0.3 is 10.4 Å². The van der Waals surface area contributed by atoms with Crippen molar-refractivity contribution < 1.29 is 19.5 Å². The predicted molar refractivity (Wildman–Crippen MR) is 80.7 cm³/mol. The number of amides is 2. The Bertz CT molecular complexity index is 585. The Labute approximate surface area is 134 Å².